The molecule has 2 rings (SSSR count). The smallest absolute Gasteiger partial charge is 0.230 e. The summed E-state index contributed by atoms with van der Waals surface area (Å²) in [5, 5.41) is 7.60. The highest BCUT2D eigenvalue weighted by Gasteiger charge is 2.15. The molecule has 0 aliphatic rings. The Bertz CT molecular complexity index is 688. The van der Waals surface area contributed by atoms with Crippen LogP contribution in [0.3, 0.4) is 0 Å². The molecule has 3 N–H and O–H groups in total. The van der Waals surface area contributed by atoms with Crippen LogP contribution < -0.4 is 10.5 Å². The summed E-state index contributed by atoms with van der Waals surface area (Å²) in [6, 6.07) is 6.24. The highest BCUT2D eigenvalue weighted by molar-refractivity contribution is 9.10. The zero-order valence-electron chi connectivity index (χ0n) is 11.0. The molecule has 0 saturated heterocycles. The van der Waals surface area contributed by atoms with E-state index in [1.54, 1.807) is 26.0 Å². The largest absolute Gasteiger partial charge is 0.435 e. The first kappa shape index (κ1) is 14.5. The SMILES string of the molecule is Cc1cc(C)c(C(=N)N)c(Oc2ccc(Br)cc2F)n1. The van der Waals surface area contributed by atoms with Crippen LogP contribution in [0.15, 0.2) is 28.7 Å². The van der Waals surface area contributed by atoms with E-state index in [1.165, 1.54) is 12.1 Å². The van der Waals surface area contributed by atoms with Crippen LogP contribution in [0.25, 0.3) is 0 Å². The first-order chi connectivity index (χ1) is 9.38. The van der Waals surface area contributed by atoms with Crippen molar-refractivity contribution in [2.45, 2.75) is 13.8 Å². The average molecular weight is 338 g/mol. The number of aryl methyl sites for hydroxylation is 2. The molecule has 0 fully saturated rings. The van der Waals surface area contributed by atoms with Gasteiger partial charge in [-0.1, -0.05) is 15.9 Å². The van der Waals surface area contributed by atoms with Gasteiger partial charge in [0.2, 0.25) is 5.88 Å². The lowest BCUT2D eigenvalue weighted by molar-refractivity contribution is 0.425. The van der Waals surface area contributed by atoms with Gasteiger partial charge in [-0.15, -0.1) is 0 Å². The number of benzene rings is 1. The number of halogens is 2. The quantitative estimate of drug-likeness (QED) is 0.662. The highest BCUT2D eigenvalue weighted by atomic mass is 79.9. The van der Waals surface area contributed by atoms with Gasteiger partial charge in [-0.05, 0) is 43.7 Å². The number of nitrogens with zero attached hydrogens (tertiary/aromatic N) is 1. The summed E-state index contributed by atoms with van der Waals surface area (Å²) in [5.74, 6) is -0.512. The molecule has 20 heavy (non-hydrogen) atoms. The number of hydrogen-bond donors (Lipinski definition) is 2. The number of nitrogen functional groups attached to an aromatic ring is 1. The maximum absolute atomic E-state index is 13.8. The first-order valence-electron chi connectivity index (χ1n) is 5.84. The van der Waals surface area contributed by atoms with Crippen molar-refractivity contribution in [2.75, 3.05) is 0 Å². The average Bonchev–Trinajstić information content (AvgIpc) is 2.31. The third-order valence-electron chi connectivity index (χ3n) is 2.68. The standard InChI is InChI=1S/C14H13BrFN3O/c1-7-5-8(2)19-14(12(7)13(17)18)20-11-4-3-9(15)6-10(11)16/h3-6H,1-2H3,(H3,17,18). The molecule has 0 saturated carbocycles. The Morgan fingerprint density at radius 1 is 1.35 bits per heavy atom. The second-order valence-electron chi connectivity index (χ2n) is 4.35. The Morgan fingerprint density at radius 2 is 2.05 bits per heavy atom. The molecule has 0 bridgehead atoms. The van der Waals surface area contributed by atoms with E-state index in [2.05, 4.69) is 20.9 Å². The van der Waals surface area contributed by atoms with E-state index in [-0.39, 0.29) is 17.5 Å². The number of amidine groups is 1. The van der Waals surface area contributed by atoms with E-state index in [1.807, 2.05) is 0 Å². The number of pyridine rings is 1. The van der Waals surface area contributed by atoms with Crippen molar-refractivity contribution < 1.29 is 9.13 Å². The van der Waals surface area contributed by atoms with E-state index in [4.69, 9.17) is 15.9 Å². The number of rotatable bonds is 3. The van der Waals surface area contributed by atoms with E-state index in [0.717, 1.165) is 5.56 Å². The fourth-order valence-corrected chi connectivity index (χ4v) is 2.20. The van der Waals surface area contributed by atoms with Crippen molar-refractivity contribution in [1.82, 2.24) is 4.98 Å². The minimum atomic E-state index is -0.519. The van der Waals surface area contributed by atoms with Crippen molar-refractivity contribution in [3.8, 4) is 11.6 Å². The number of ether oxygens (including phenoxy) is 1. The second kappa shape index (κ2) is 5.58. The van der Waals surface area contributed by atoms with Gasteiger partial charge in [-0.25, -0.2) is 9.37 Å². The summed E-state index contributed by atoms with van der Waals surface area (Å²) in [5.41, 5.74) is 7.39. The summed E-state index contributed by atoms with van der Waals surface area (Å²) in [6.45, 7) is 3.60. The predicted octanol–water partition coefficient (Wildman–Crippen LogP) is 3.68. The molecule has 4 nitrogen and oxygen atoms in total. The van der Waals surface area contributed by atoms with Crippen LogP contribution in [0.5, 0.6) is 11.6 Å². The third kappa shape index (κ3) is 2.96. The number of aromatic nitrogens is 1. The third-order valence-corrected chi connectivity index (χ3v) is 3.17. The molecule has 2 aromatic rings. The van der Waals surface area contributed by atoms with Gasteiger partial charge in [0, 0.05) is 10.2 Å². The topological polar surface area (TPSA) is 72.0 Å². The Kier molecular flexibility index (Phi) is 4.04. The Balaban J connectivity index is 2.50. The normalized spacial score (nSPS) is 10.4. The van der Waals surface area contributed by atoms with Gasteiger partial charge < -0.3 is 10.5 Å². The van der Waals surface area contributed by atoms with Crippen molar-refractivity contribution in [2.24, 2.45) is 5.73 Å². The molecule has 0 atom stereocenters. The molecule has 0 aliphatic heterocycles. The molecule has 1 aromatic heterocycles. The van der Waals surface area contributed by atoms with Gasteiger partial charge in [0.15, 0.2) is 11.6 Å². The van der Waals surface area contributed by atoms with Gasteiger partial charge in [-0.3, -0.25) is 5.41 Å². The molecule has 1 aromatic carbocycles. The summed E-state index contributed by atoms with van der Waals surface area (Å²) in [6.07, 6.45) is 0. The van der Waals surface area contributed by atoms with Crippen LogP contribution in [-0.2, 0) is 0 Å². The molecule has 0 unspecified atom stereocenters. The Morgan fingerprint density at radius 3 is 2.65 bits per heavy atom. The molecule has 0 radical (unpaired) electrons. The molecule has 0 amide bonds. The van der Waals surface area contributed by atoms with Crippen LogP contribution >= 0.6 is 15.9 Å². The number of hydrogen-bond acceptors (Lipinski definition) is 3. The van der Waals surface area contributed by atoms with Crippen LogP contribution in [0.4, 0.5) is 4.39 Å². The molecule has 6 heteroatoms. The van der Waals surface area contributed by atoms with Gasteiger partial charge >= 0.3 is 0 Å². The summed E-state index contributed by atoms with van der Waals surface area (Å²) < 4.78 is 19.9. The fraction of sp³-hybridized carbons (Fsp3) is 0.143. The molecule has 104 valence electrons. The van der Waals surface area contributed by atoms with Crippen molar-refractivity contribution in [3.63, 3.8) is 0 Å². The monoisotopic (exact) mass is 337 g/mol. The van der Waals surface area contributed by atoms with Gasteiger partial charge in [-0.2, -0.15) is 0 Å². The zero-order valence-corrected chi connectivity index (χ0v) is 12.6. The molecule has 1 heterocycles. The summed E-state index contributed by atoms with van der Waals surface area (Å²) in [4.78, 5) is 4.19. The highest BCUT2D eigenvalue weighted by Crippen LogP contribution is 2.29. The van der Waals surface area contributed by atoms with Crippen molar-refractivity contribution in [3.05, 3.63) is 51.4 Å². The van der Waals surface area contributed by atoms with Gasteiger partial charge in [0.25, 0.3) is 0 Å². The van der Waals surface area contributed by atoms with E-state index < -0.39 is 5.82 Å². The Labute approximate surface area is 124 Å². The summed E-state index contributed by atoms with van der Waals surface area (Å²) >= 11 is 3.18. The van der Waals surface area contributed by atoms with E-state index >= 15 is 0 Å². The maximum Gasteiger partial charge on any atom is 0.230 e. The van der Waals surface area contributed by atoms with Crippen LogP contribution in [0, 0.1) is 25.1 Å². The minimum absolute atomic E-state index is 0.0354. The molecule has 0 spiro atoms. The molecular formula is C14H13BrFN3O. The number of nitrogens with two attached hydrogens (primary N) is 1. The lowest BCUT2D eigenvalue weighted by Crippen LogP contribution is -2.15. The first-order valence-corrected chi connectivity index (χ1v) is 6.63. The summed E-state index contributed by atoms with van der Waals surface area (Å²) in [7, 11) is 0. The fourth-order valence-electron chi connectivity index (χ4n) is 1.87. The lowest BCUT2D eigenvalue weighted by Gasteiger charge is -2.13. The van der Waals surface area contributed by atoms with Crippen molar-refractivity contribution in [1.29, 1.82) is 5.41 Å². The van der Waals surface area contributed by atoms with Crippen molar-refractivity contribution >= 4 is 21.8 Å². The van der Waals surface area contributed by atoms with Gasteiger partial charge in [0.1, 0.15) is 5.84 Å². The predicted molar refractivity (Wildman–Crippen MR) is 78.9 cm³/mol. The van der Waals surface area contributed by atoms with Gasteiger partial charge in [0.05, 0.1) is 5.56 Å². The number of nitrogens with one attached hydrogen (secondary N) is 1. The van der Waals surface area contributed by atoms with Crippen LogP contribution in [0.1, 0.15) is 16.8 Å². The van der Waals surface area contributed by atoms with Crippen LogP contribution in [0.2, 0.25) is 0 Å². The zero-order chi connectivity index (χ0) is 14.9. The van der Waals surface area contributed by atoms with E-state index in [0.29, 0.717) is 15.7 Å². The maximum atomic E-state index is 13.8. The Hall–Kier alpha value is -1.95. The van der Waals surface area contributed by atoms with E-state index in [9.17, 15) is 4.39 Å². The molecular weight excluding hydrogens is 325 g/mol. The lowest BCUT2D eigenvalue weighted by atomic mass is 10.1. The second-order valence-corrected chi connectivity index (χ2v) is 5.27. The van der Waals surface area contributed by atoms with Crippen LogP contribution in [-0.4, -0.2) is 10.8 Å². The minimum Gasteiger partial charge on any atom is -0.435 e. The molecule has 0 aliphatic carbocycles.